The molecule has 0 aliphatic rings. The van der Waals surface area contributed by atoms with E-state index in [2.05, 4.69) is 15.3 Å². The summed E-state index contributed by atoms with van der Waals surface area (Å²) in [6, 6.07) is 6.05. The third kappa shape index (κ3) is 3.40. The van der Waals surface area contributed by atoms with E-state index in [1.807, 2.05) is 0 Å². The monoisotopic (exact) mass is 413 g/mol. The molecule has 1 aromatic carbocycles. The highest BCUT2D eigenvalue weighted by atomic mass is 32.1. The number of nitrogens with zero attached hydrogens (tertiary/aromatic N) is 4. The van der Waals surface area contributed by atoms with Gasteiger partial charge >= 0.3 is 0 Å². The van der Waals surface area contributed by atoms with E-state index in [0.717, 1.165) is 0 Å². The summed E-state index contributed by atoms with van der Waals surface area (Å²) in [7, 11) is 0. The van der Waals surface area contributed by atoms with Gasteiger partial charge in [0.2, 0.25) is 5.91 Å². The molecule has 0 fully saturated rings. The topological polar surface area (TPSA) is 120 Å². The fourth-order valence-corrected chi connectivity index (χ4v) is 4.13. The Hall–Kier alpha value is -3.44. The SMILES string of the molecule is O=C(Cn1cnc2scc(-c3cccc([N+](=O)[O-])c3)c2c1=O)Nc1nccs1. The number of fused-ring (bicyclic) bond motifs is 1. The predicted molar refractivity (Wildman–Crippen MR) is 107 cm³/mol. The number of thiophene rings is 1. The summed E-state index contributed by atoms with van der Waals surface area (Å²) in [5.74, 6) is -0.398. The molecule has 140 valence electrons. The van der Waals surface area contributed by atoms with Gasteiger partial charge in [0.15, 0.2) is 5.13 Å². The number of hydrogen-bond donors (Lipinski definition) is 1. The molecule has 4 aromatic rings. The van der Waals surface area contributed by atoms with Crippen molar-refractivity contribution in [2.24, 2.45) is 0 Å². The largest absolute Gasteiger partial charge is 0.300 e. The molecule has 4 rings (SSSR count). The van der Waals surface area contributed by atoms with Crippen molar-refractivity contribution in [3.8, 4) is 11.1 Å². The maximum atomic E-state index is 12.9. The van der Waals surface area contributed by atoms with Crippen molar-refractivity contribution < 1.29 is 9.72 Å². The second kappa shape index (κ2) is 7.29. The molecule has 0 radical (unpaired) electrons. The zero-order chi connectivity index (χ0) is 19.7. The number of thiazole rings is 1. The predicted octanol–water partition coefficient (Wildman–Crippen LogP) is 3.13. The first-order valence-corrected chi connectivity index (χ1v) is 9.69. The lowest BCUT2D eigenvalue weighted by molar-refractivity contribution is -0.384. The number of carbonyl (C=O) groups excluding carboxylic acids is 1. The highest BCUT2D eigenvalue weighted by molar-refractivity contribution is 7.17. The Morgan fingerprint density at radius 3 is 2.89 bits per heavy atom. The van der Waals surface area contributed by atoms with E-state index in [-0.39, 0.29) is 17.8 Å². The van der Waals surface area contributed by atoms with Crippen LogP contribution < -0.4 is 10.9 Å². The number of amides is 1. The maximum absolute atomic E-state index is 12.9. The number of carbonyl (C=O) groups is 1. The molecule has 0 spiro atoms. The van der Waals surface area contributed by atoms with Crippen LogP contribution in [-0.2, 0) is 11.3 Å². The van der Waals surface area contributed by atoms with Gasteiger partial charge in [-0.1, -0.05) is 12.1 Å². The Morgan fingerprint density at radius 1 is 1.29 bits per heavy atom. The minimum Gasteiger partial charge on any atom is -0.300 e. The van der Waals surface area contributed by atoms with Crippen LogP contribution in [0.15, 0.2) is 52.3 Å². The normalized spacial score (nSPS) is 10.9. The molecule has 11 heteroatoms. The van der Waals surface area contributed by atoms with Crippen molar-refractivity contribution >= 4 is 49.6 Å². The summed E-state index contributed by atoms with van der Waals surface area (Å²) < 4.78 is 1.21. The van der Waals surface area contributed by atoms with Crippen LogP contribution in [0.4, 0.5) is 10.8 Å². The molecule has 0 saturated heterocycles. The molecule has 28 heavy (non-hydrogen) atoms. The van der Waals surface area contributed by atoms with Gasteiger partial charge in [-0.15, -0.1) is 22.7 Å². The van der Waals surface area contributed by atoms with Crippen molar-refractivity contribution in [2.45, 2.75) is 6.54 Å². The standard InChI is InChI=1S/C17H11N5O4S2/c23-13(20-17-18-4-5-27-17)7-21-9-19-15-14(16(21)24)12(8-28-15)10-2-1-3-11(6-10)22(25)26/h1-6,8-9H,7H2,(H,18,20,23). The number of nitro benzene ring substituents is 1. The first kappa shape index (κ1) is 17.9. The second-order valence-electron chi connectivity index (χ2n) is 5.70. The molecule has 0 atom stereocenters. The van der Waals surface area contributed by atoms with Crippen LogP contribution in [0.2, 0.25) is 0 Å². The zero-order valence-electron chi connectivity index (χ0n) is 14.1. The number of nitro groups is 1. The smallest absolute Gasteiger partial charge is 0.270 e. The number of non-ortho nitro benzene ring substituents is 1. The van der Waals surface area contributed by atoms with Gasteiger partial charge in [-0.25, -0.2) is 9.97 Å². The van der Waals surface area contributed by atoms with Crippen LogP contribution >= 0.6 is 22.7 Å². The van der Waals surface area contributed by atoms with Gasteiger partial charge in [0.1, 0.15) is 11.4 Å². The average molecular weight is 413 g/mol. The number of benzene rings is 1. The molecule has 0 saturated carbocycles. The van der Waals surface area contributed by atoms with Crippen LogP contribution in [0.5, 0.6) is 0 Å². The first-order chi connectivity index (χ1) is 13.5. The van der Waals surface area contributed by atoms with E-state index >= 15 is 0 Å². The van der Waals surface area contributed by atoms with E-state index in [9.17, 15) is 19.7 Å². The molecule has 1 amide bonds. The maximum Gasteiger partial charge on any atom is 0.270 e. The van der Waals surface area contributed by atoms with Crippen LogP contribution in [0, 0.1) is 10.1 Å². The van der Waals surface area contributed by atoms with E-state index in [4.69, 9.17) is 0 Å². The van der Waals surface area contributed by atoms with Crippen molar-refractivity contribution in [1.29, 1.82) is 0 Å². The molecular formula is C17H11N5O4S2. The summed E-state index contributed by atoms with van der Waals surface area (Å²) in [4.78, 5) is 44.4. The van der Waals surface area contributed by atoms with Crippen molar-refractivity contribution in [3.63, 3.8) is 0 Å². The summed E-state index contributed by atoms with van der Waals surface area (Å²) in [6.45, 7) is -0.217. The van der Waals surface area contributed by atoms with Crippen molar-refractivity contribution in [3.05, 3.63) is 68.0 Å². The molecule has 0 aliphatic heterocycles. The minimum absolute atomic E-state index is 0.0658. The summed E-state index contributed by atoms with van der Waals surface area (Å²) >= 11 is 2.54. The molecular weight excluding hydrogens is 402 g/mol. The van der Waals surface area contributed by atoms with Gasteiger partial charge in [0.25, 0.3) is 11.2 Å². The Labute approximate surface area is 165 Å². The summed E-state index contributed by atoms with van der Waals surface area (Å²) in [6.07, 6.45) is 2.89. The van der Waals surface area contributed by atoms with Gasteiger partial charge in [0, 0.05) is 34.7 Å². The van der Waals surface area contributed by atoms with Crippen molar-refractivity contribution in [1.82, 2.24) is 14.5 Å². The van der Waals surface area contributed by atoms with E-state index < -0.39 is 10.8 Å². The third-order valence-corrected chi connectivity index (χ3v) is 5.50. The molecule has 1 N–H and O–H groups in total. The van der Waals surface area contributed by atoms with Gasteiger partial charge in [-0.2, -0.15) is 0 Å². The Kier molecular flexibility index (Phi) is 4.67. The Balaban J connectivity index is 1.72. The number of nitrogens with one attached hydrogen (secondary N) is 1. The van der Waals surface area contributed by atoms with E-state index in [1.165, 1.54) is 45.7 Å². The number of anilines is 1. The number of aromatic nitrogens is 3. The van der Waals surface area contributed by atoms with E-state index in [1.54, 1.807) is 29.1 Å². The van der Waals surface area contributed by atoms with Gasteiger partial charge in [-0.3, -0.25) is 24.3 Å². The second-order valence-corrected chi connectivity index (χ2v) is 7.45. The van der Waals surface area contributed by atoms with Gasteiger partial charge in [0.05, 0.1) is 16.6 Å². The highest BCUT2D eigenvalue weighted by Gasteiger charge is 2.16. The molecule has 0 bridgehead atoms. The lowest BCUT2D eigenvalue weighted by atomic mass is 10.1. The molecule has 3 heterocycles. The van der Waals surface area contributed by atoms with Crippen LogP contribution in [0.25, 0.3) is 21.3 Å². The number of hydrogen-bond acceptors (Lipinski definition) is 8. The van der Waals surface area contributed by atoms with Gasteiger partial charge < -0.3 is 5.32 Å². The average Bonchev–Trinajstić information content (AvgIpc) is 3.34. The van der Waals surface area contributed by atoms with Crippen molar-refractivity contribution in [2.75, 3.05) is 5.32 Å². The minimum atomic E-state index is -0.489. The fourth-order valence-electron chi connectivity index (χ4n) is 2.68. The highest BCUT2D eigenvalue weighted by Crippen LogP contribution is 2.32. The fraction of sp³-hybridized carbons (Fsp3) is 0.0588. The Bertz CT molecular complexity index is 1250. The zero-order valence-corrected chi connectivity index (χ0v) is 15.7. The molecule has 3 aromatic heterocycles. The first-order valence-electron chi connectivity index (χ1n) is 7.94. The third-order valence-electron chi connectivity index (χ3n) is 3.92. The van der Waals surface area contributed by atoms with Crippen LogP contribution in [0.1, 0.15) is 0 Å². The summed E-state index contributed by atoms with van der Waals surface area (Å²) in [5.41, 5.74) is 0.645. The Morgan fingerprint density at radius 2 is 2.14 bits per heavy atom. The lowest BCUT2D eigenvalue weighted by Crippen LogP contribution is -2.27. The van der Waals surface area contributed by atoms with Crippen LogP contribution in [-0.4, -0.2) is 25.4 Å². The quantitative estimate of drug-likeness (QED) is 0.396. The lowest BCUT2D eigenvalue weighted by Gasteiger charge is -2.06. The molecule has 9 nitrogen and oxygen atoms in total. The summed E-state index contributed by atoms with van der Waals surface area (Å²) in [5, 5.41) is 17.9. The number of rotatable bonds is 5. The van der Waals surface area contributed by atoms with Crippen LogP contribution in [0.3, 0.4) is 0 Å². The molecule has 0 unspecified atom stereocenters. The van der Waals surface area contributed by atoms with E-state index in [0.29, 0.717) is 26.5 Å². The van der Waals surface area contributed by atoms with Gasteiger partial charge in [-0.05, 0) is 5.56 Å². The molecule has 0 aliphatic carbocycles.